The number of ketones is 1. The number of halogens is 1. The molecule has 1 amide bonds. The number of benzene rings is 1. The molecule has 0 spiro atoms. The summed E-state index contributed by atoms with van der Waals surface area (Å²) < 4.78 is 5.68. The zero-order chi connectivity index (χ0) is 19.1. The fraction of sp³-hybridized carbons (Fsp3) is 0.636. The number of hydrogen-bond acceptors (Lipinski definition) is 4. The molecule has 156 valence electrons. The predicted molar refractivity (Wildman–Crippen MR) is 113 cm³/mol. The minimum absolute atomic E-state index is 0. The molecule has 1 aromatic rings. The molecular formula is C22H33ClN2O3. The van der Waals surface area contributed by atoms with E-state index in [0.29, 0.717) is 30.7 Å². The Hall–Kier alpha value is -1.59. The Morgan fingerprint density at radius 1 is 1.07 bits per heavy atom. The third kappa shape index (κ3) is 6.49. The van der Waals surface area contributed by atoms with Crippen molar-refractivity contribution in [2.45, 2.75) is 70.4 Å². The van der Waals surface area contributed by atoms with Crippen molar-refractivity contribution in [1.29, 1.82) is 0 Å². The molecule has 2 atom stereocenters. The molecule has 2 aliphatic rings. The monoisotopic (exact) mass is 408 g/mol. The Bertz CT molecular complexity index is 635. The zero-order valence-electron chi connectivity index (χ0n) is 16.8. The van der Waals surface area contributed by atoms with Gasteiger partial charge in [-0.25, -0.2) is 0 Å². The topological polar surface area (TPSA) is 58.6 Å². The lowest BCUT2D eigenvalue weighted by Gasteiger charge is -2.24. The number of carbonyl (C=O) groups excluding carboxylic acids is 2. The van der Waals surface area contributed by atoms with Crippen molar-refractivity contribution in [2.24, 2.45) is 0 Å². The van der Waals surface area contributed by atoms with Crippen LogP contribution >= 0.6 is 12.4 Å². The minimum Gasteiger partial charge on any atom is -0.494 e. The molecule has 2 aliphatic heterocycles. The summed E-state index contributed by atoms with van der Waals surface area (Å²) in [6, 6.07) is 8.29. The van der Waals surface area contributed by atoms with Crippen LogP contribution in [0.15, 0.2) is 24.3 Å². The van der Waals surface area contributed by atoms with Gasteiger partial charge in [0.25, 0.3) is 0 Å². The number of carbonyl (C=O) groups is 2. The molecule has 5 nitrogen and oxygen atoms in total. The number of ether oxygens (including phenoxy) is 1. The number of nitrogens with one attached hydrogen (secondary N) is 1. The van der Waals surface area contributed by atoms with Gasteiger partial charge in [-0.2, -0.15) is 0 Å². The van der Waals surface area contributed by atoms with E-state index in [4.69, 9.17) is 4.74 Å². The SMILES string of the molecule is CCCCCOc1ccc(C(=O)CCC(=O)N2CCC3CCC(C2)N3)cc1.Cl. The van der Waals surface area contributed by atoms with Gasteiger partial charge in [0.2, 0.25) is 5.91 Å². The highest BCUT2D eigenvalue weighted by Crippen LogP contribution is 2.21. The second-order valence-corrected chi connectivity index (χ2v) is 7.77. The van der Waals surface area contributed by atoms with Crippen LogP contribution in [-0.4, -0.2) is 48.4 Å². The van der Waals surface area contributed by atoms with Crippen LogP contribution in [0.4, 0.5) is 0 Å². The van der Waals surface area contributed by atoms with E-state index in [1.165, 1.54) is 19.3 Å². The largest absolute Gasteiger partial charge is 0.494 e. The summed E-state index contributed by atoms with van der Waals surface area (Å²) in [6.07, 6.45) is 7.36. The van der Waals surface area contributed by atoms with Crippen LogP contribution in [0.5, 0.6) is 5.75 Å². The highest BCUT2D eigenvalue weighted by atomic mass is 35.5. The number of hydrogen-bond donors (Lipinski definition) is 1. The number of unbranched alkanes of at least 4 members (excludes halogenated alkanes) is 2. The standard InChI is InChI=1S/C22H32N2O3.ClH/c1-2-3-4-15-27-20-9-5-17(6-10-20)21(25)11-12-22(26)24-14-13-18-7-8-19(16-24)23-18;/h5-6,9-10,18-19,23H,2-4,7-8,11-16H2,1H3;1H. The summed E-state index contributed by atoms with van der Waals surface area (Å²) in [7, 11) is 0. The fourth-order valence-corrected chi connectivity index (χ4v) is 3.97. The molecule has 2 saturated heterocycles. The normalized spacial score (nSPS) is 21.0. The van der Waals surface area contributed by atoms with Gasteiger partial charge in [0.05, 0.1) is 6.61 Å². The number of amides is 1. The van der Waals surface area contributed by atoms with Gasteiger partial charge in [-0.3, -0.25) is 9.59 Å². The van der Waals surface area contributed by atoms with E-state index in [1.54, 1.807) is 12.1 Å². The van der Waals surface area contributed by atoms with E-state index in [0.717, 1.165) is 38.1 Å². The van der Waals surface area contributed by atoms with E-state index < -0.39 is 0 Å². The van der Waals surface area contributed by atoms with Crippen LogP contribution in [-0.2, 0) is 4.79 Å². The summed E-state index contributed by atoms with van der Waals surface area (Å²) in [5.41, 5.74) is 0.653. The van der Waals surface area contributed by atoms with E-state index >= 15 is 0 Å². The number of nitrogens with zero attached hydrogens (tertiary/aromatic N) is 1. The van der Waals surface area contributed by atoms with Crippen LogP contribution in [0.1, 0.15) is 68.6 Å². The Balaban J connectivity index is 0.00000280. The van der Waals surface area contributed by atoms with Gasteiger partial charge < -0.3 is 15.0 Å². The van der Waals surface area contributed by atoms with Crippen LogP contribution in [0.25, 0.3) is 0 Å². The number of Topliss-reactive ketones (excluding diaryl/α,β-unsaturated/α-hetero) is 1. The number of rotatable bonds is 9. The van der Waals surface area contributed by atoms with E-state index in [2.05, 4.69) is 12.2 Å². The van der Waals surface area contributed by atoms with Crippen molar-refractivity contribution in [3.8, 4) is 5.75 Å². The first-order chi connectivity index (χ1) is 13.2. The summed E-state index contributed by atoms with van der Waals surface area (Å²) in [6.45, 7) is 4.47. The summed E-state index contributed by atoms with van der Waals surface area (Å²) in [5, 5.41) is 3.58. The second-order valence-electron chi connectivity index (χ2n) is 7.77. The maximum atomic E-state index is 12.5. The molecule has 0 aromatic heterocycles. The maximum Gasteiger partial charge on any atom is 0.223 e. The van der Waals surface area contributed by atoms with Gasteiger partial charge in [-0.1, -0.05) is 19.8 Å². The Kier molecular flexibility index (Phi) is 9.26. The van der Waals surface area contributed by atoms with E-state index in [9.17, 15) is 9.59 Å². The lowest BCUT2D eigenvalue weighted by Crippen LogP contribution is -2.39. The van der Waals surface area contributed by atoms with Crippen molar-refractivity contribution in [3.63, 3.8) is 0 Å². The predicted octanol–water partition coefficient (Wildman–Crippen LogP) is 3.99. The lowest BCUT2D eigenvalue weighted by molar-refractivity contribution is -0.131. The van der Waals surface area contributed by atoms with Crippen molar-refractivity contribution < 1.29 is 14.3 Å². The van der Waals surface area contributed by atoms with Gasteiger partial charge >= 0.3 is 0 Å². The quantitative estimate of drug-likeness (QED) is 0.495. The third-order valence-electron chi connectivity index (χ3n) is 5.63. The molecule has 3 rings (SSSR count). The first-order valence-electron chi connectivity index (χ1n) is 10.5. The van der Waals surface area contributed by atoms with Crippen molar-refractivity contribution in [1.82, 2.24) is 10.2 Å². The molecule has 6 heteroatoms. The molecule has 0 radical (unpaired) electrons. The maximum absolute atomic E-state index is 12.5. The Morgan fingerprint density at radius 3 is 2.57 bits per heavy atom. The van der Waals surface area contributed by atoms with Crippen LogP contribution in [0.2, 0.25) is 0 Å². The Labute approximate surface area is 174 Å². The van der Waals surface area contributed by atoms with Gasteiger partial charge in [0.15, 0.2) is 5.78 Å². The molecule has 2 bridgehead atoms. The van der Waals surface area contributed by atoms with E-state index in [-0.39, 0.29) is 30.5 Å². The molecular weight excluding hydrogens is 376 g/mol. The highest BCUT2D eigenvalue weighted by molar-refractivity contribution is 5.98. The first-order valence-corrected chi connectivity index (χ1v) is 10.5. The minimum atomic E-state index is 0. The Morgan fingerprint density at radius 2 is 1.82 bits per heavy atom. The molecule has 1 N–H and O–H groups in total. The summed E-state index contributed by atoms with van der Waals surface area (Å²) in [5.74, 6) is 0.926. The molecule has 0 saturated carbocycles. The van der Waals surface area contributed by atoms with Crippen molar-refractivity contribution in [2.75, 3.05) is 19.7 Å². The van der Waals surface area contributed by atoms with Crippen molar-refractivity contribution >= 4 is 24.1 Å². The second kappa shape index (κ2) is 11.4. The van der Waals surface area contributed by atoms with Gasteiger partial charge in [0.1, 0.15) is 5.75 Å². The smallest absolute Gasteiger partial charge is 0.223 e. The van der Waals surface area contributed by atoms with Crippen LogP contribution in [0.3, 0.4) is 0 Å². The number of likely N-dealkylation sites (tertiary alicyclic amines) is 1. The van der Waals surface area contributed by atoms with Gasteiger partial charge in [0, 0.05) is 43.6 Å². The van der Waals surface area contributed by atoms with E-state index in [1.807, 2.05) is 17.0 Å². The highest BCUT2D eigenvalue weighted by Gasteiger charge is 2.31. The lowest BCUT2D eigenvalue weighted by atomic mass is 10.0. The summed E-state index contributed by atoms with van der Waals surface area (Å²) >= 11 is 0. The summed E-state index contributed by atoms with van der Waals surface area (Å²) in [4.78, 5) is 26.9. The van der Waals surface area contributed by atoms with Crippen molar-refractivity contribution in [3.05, 3.63) is 29.8 Å². The number of fused-ring (bicyclic) bond motifs is 2. The van der Waals surface area contributed by atoms with Crippen LogP contribution in [0, 0.1) is 0 Å². The fourth-order valence-electron chi connectivity index (χ4n) is 3.97. The third-order valence-corrected chi connectivity index (χ3v) is 5.63. The first kappa shape index (κ1) is 22.7. The molecule has 1 aromatic carbocycles. The molecule has 28 heavy (non-hydrogen) atoms. The average molecular weight is 409 g/mol. The van der Waals surface area contributed by atoms with Gasteiger partial charge in [-0.15, -0.1) is 12.4 Å². The van der Waals surface area contributed by atoms with Crippen LogP contribution < -0.4 is 10.1 Å². The molecule has 2 fully saturated rings. The zero-order valence-corrected chi connectivity index (χ0v) is 17.6. The molecule has 2 unspecified atom stereocenters. The molecule has 0 aliphatic carbocycles. The van der Waals surface area contributed by atoms with Gasteiger partial charge in [-0.05, 0) is 49.9 Å². The molecule has 2 heterocycles. The average Bonchev–Trinajstić information content (AvgIpc) is 3.02.